The second-order valence-electron chi connectivity index (χ2n) is 4.55. The molecule has 3 nitrogen and oxygen atoms in total. The van der Waals surface area contributed by atoms with Crippen molar-refractivity contribution in [2.24, 2.45) is 11.8 Å². The molecule has 0 aromatic heterocycles. The summed E-state index contributed by atoms with van der Waals surface area (Å²) in [5.41, 5.74) is 0. The highest BCUT2D eigenvalue weighted by Crippen LogP contribution is 2.27. The van der Waals surface area contributed by atoms with E-state index in [0.29, 0.717) is 11.8 Å². The highest BCUT2D eigenvalue weighted by molar-refractivity contribution is 4.88. The maximum Gasteiger partial charge on any atom is 0.0707 e. The summed E-state index contributed by atoms with van der Waals surface area (Å²) in [5.74, 6) is 1.21. The van der Waals surface area contributed by atoms with Crippen LogP contribution >= 0.6 is 0 Å². The Morgan fingerprint density at radius 1 is 1.38 bits per heavy atom. The van der Waals surface area contributed by atoms with Crippen LogP contribution in [0, 0.1) is 11.8 Å². The molecule has 0 saturated carbocycles. The van der Waals surface area contributed by atoms with Crippen LogP contribution < -0.4 is 5.32 Å². The van der Waals surface area contributed by atoms with Gasteiger partial charge >= 0.3 is 0 Å². The molecular weight excluding hydrogens is 164 g/mol. The van der Waals surface area contributed by atoms with Gasteiger partial charge in [-0.3, -0.25) is 0 Å². The molecule has 0 aliphatic carbocycles. The zero-order chi connectivity index (χ0) is 9.26. The molecule has 0 aromatic carbocycles. The molecule has 0 aromatic rings. The first kappa shape index (κ1) is 9.44. The third-order valence-electron chi connectivity index (χ3n) is 3.49. The van der Waals surface area contributed by atoms with E-state index in [-0.39, 0.29) is 6.10 Å². The van der Waals surface area contributed by atoms with Gasteiger partial charge in [-0.25, -0.2) is 0 Å². The number of aliphatic hydroxyl groups excluding tert-OH is 1. The molecule has 0 spiro atoms. The Balaban J connectivity index is 1.91. The fourth-order valence-electron chi connectivity index (χ4n) is 2.72. The van der Waals surface area contributed by atoms with Gasteiger partial charge in [0.15, 0.2) is 0 Å². The molecule has 2 rings (SSSR count). The Kier molecular flexibility index (Phi) is 2.86. The summed E-state index contributed by atoms with van der Waals surface area (Å²) < 4.78 is 0. The summed E-state index contributed by atoms with van der Waals surface area (Å²) in [5, 5.41) is 13.0. The minimum absolute atomic E-state index is 0.100. The average molecular weight is 184 g/mol. The summed E-state index contributed by atoms with van der Waals surface area (Å²) in [6.45, 7) is 4.21. The second kappa shape index (κ2) is 3.95. The van der Waals surface area contributed by atoms with E-state index in [0.717, 1.165) is 13.1 Å². The number of nitrogens with one attached hydrogen (secondary N) is 1. The Morgan fingerprint density at radius 2 is 2.23 bits per heavy atom. The SMILES string of the molecule is CN1CCCC(C2CNCC2O)C1. The van der Waals surface area contributed by atoms with E-state index in [1.807, 2.05) is 0 Å². The van der Waals surface area contributed by atoms with E-state index in [9.17, 15) is 5.11 Å². The van der Waals surface area contributed by atoms with E-state index in [1.165, 1.54) is 25.9 Å². The van der Waals surface area contributed by atoms with Gasteiger partial charge in [0, 0.05) is 25.6 Å². The van der Waals surface area contributed by atoms with Crippen LogP contribution in [0.15, 0.2) is 0 Å². The van der Waals surface area contributed by atoms with E-state index in [4.69, 9.17) is 0 Å². The average Bonchev–Trinajstić information content (AvgIpc) is 2.51. The smallest absolute Gasteiger partial charge is 0.0707 e. The summed E-state index contributed by atoms with van der Waals surface area (Å²) in [6, 6.07) is 0. The van der Waals surface area contributed by atoms with Gasteiger partial charge in [0.2, 0.25) is 0 Å². The number of hydrogen-bond acceptors (Lipinski definition) is 3. The summed E-state index contributed by atoms with van der Waals surface area (Å²) in [7, 11) is 2.18. The van der Waals surface area contributed by atoms with Gasteiger partial charge in [-0.05, 0) is 32.4 Å². The molecule has 2 saturated heterocycles. The molecule has 3 heteroatoms. The molecule has 3 unspecified atom stereocenters. The van der Waals surface area contributed by atoms with Crippen LogP contribution in [0.3, 0.4) is 0 Å². The minimum Gasteiger partial charge on any atom is -0.391 e. The third kappa shape index (κ3) is 2.03. The van der Waals surface area contributed by atoms with Crippen molar-refractivity contribution in [1.82, 2.24) is 10.2 Å². The lowest BCUT2D eigenvalue weighted by Crippen LogP contribution is -2.39. The van der Waals surface area contributed by atoms with E-state index < -0.39 is 0 Å². The van der Waals surface area contributed by atoms with Crippen molar-refractivity contribution in [1.29, 1.82) is 0 Å². The van der Waals surface area contributed by atoms with Gasteiger partial charge in [-0.15, -0.1) is 0 Å². The lowest BCUT2D eigenvalue weighted by Gasteiger charge is -2.34. The quantitative estimate of drug-likeness (QED) is 0.598. The predicted molar refractivity (Wildman–Crippen MR) is 52.6 cm³/mol. The monoisotopic (exact) mass is 184 g/mol. The highest BCUT2D eigenvalue weighted by Gasteiger charge is 2.33. The van der Waals surface area contributed by atoms with Gasteiger partial charge in [0.05, 0.1) is 6.10 Å². The maximum atomic E-state index is 9.75. The number of hydrogen-bond donors (Lipinski definition) is 2. The third-order valence-corrected chi connectivity index (χ3v) is 3.49. The lowest BCUT2D eigenvalue weighted by atomic mass is 9.84. The zero-order valence-corrected chi connectivity index (χ0v) is 8.37. The molecule has 2 fully saturated rings. The molecule has 76 valence electrons. The molecule has 0 radical (unpaired) electrons. The van der Waals surface area contributed by atoms with E-state index >= 15 is 0 Å². The Bertz CT molecular complexity index is 174. The molecule has 2 aliphatic heterocycles. The first-order valence-electron chi connectivity index (χ1n) is 5.34. The number of aliphatic hydroxyl groups is 1. The van der Waals surface area contributed by atoms with Gasteiger partial charge < -0.3 is 15.3 Å². The van der Waals surface area contributed by atoms with Gasteiger partial charge in [0.25, 0.3) is 0 Å². The Labute approximate surface area is 80.1 Å². The molecular formula is C10H20N2O. The van der Waals surface area contributed by atoms with Crippen molar-refractivity contribution in [3.8, 4) is 0 Å². The van der Waals surface area contributed by atoms with Crippen LogP contribution in [-0.4, -0.2) is 49.3 Å². The fourth-order valence-corrected chi connectivity index (χ4v) is 2.72. The predicted octanol–water partition coefficient (Wildman–Crippen LogP) is -0.0915. The standard InChI is InChI=1S/C10H20N2O/c1-12-4-2-3-8(7-12)9-5-11-6-10(9)13/h8-11,13H,2-7H2,1H3. The first-order chi connectivity index (χ1) is 6.27. The molecule has 2 aliphatic rings. The number of nitrogens with zero attached hydrogens (tertiary/aromatic N) is 1. The van der Waals surface area contributed by atoms with Crippen molar-refractivity contribution in [3.63, 3.8) is 0 Å². The van der Waals surface area contributed by atoms with Gasteiger partial charge in [0.1, 0.15) is 0 Å². The van der Waals surface area contributed by atoms with Crippen LogP contribution in [-0.2, 0) is 0 Å². The fraction of sp³-hybridized carbons (Fsp3) is 1.00. The zero-order valence-electron chi connectivity index (χ0n) is 8.37. The normalized spacial score (nSPS) is 42.5. The van der Waals surface area contributed by atoms with Crippen LogP contribution in [0.1, 0.15) is 12.8 Å². The second-order valence-corrected chi connectivity index (χ2v) is 4.55. The summed E-state index contributed by atoms with van der Waals surface area (Å²) in [4.78, 5) is 2.39. The minimum atomic E-state index is -0.100. The summed E-state index contributed by atoms with van der Waals surface area (Å²) in [6.07, 6.45) is 2.49. The van der Waals surface area contributed by atoms with Crippen molar-refractivity contribution in [2.45, 2.75) is 18.9 Å². The van der Waals surface area contributed by atoms with Gasteiger partial charge in [-0.1, -0.05) is 0 Å². The molecule has 3 atom stereocenters. The first-order valence-corrected chi connectivity index (χ1v) is 5.34. The molecule has 13 heavy (non-hydrogen) atoms. The number of β-amino-alcohol motifs (C(OH)–C–C–N with tert-alkyl or cyclic N) is 1. The Morgan fingerprint density at radius 3 is 2.85 bits per heavy atom. The lowest BCUT2D eigenvalue weighted by molar-refractivity contribution is 0.0764. The molecule has 2 N–H and O–H groups in total. The summed E-state index contributed by atoms with van der Waals surface area (Å²) >= 11 is 0. The van der Waals surface area contributed by atoms with Crippen molar-refractivity contribution < 1.29 is 5.11 Å². The van der Waals surface area contributed by atoms with Gasteiger partial charge in [-0.2, -0.15) is 0 Å². The van der Waals surface area contributed by atoms with Crippen molar-refractivity contribution >= 4 is 0 Å². The number of rotatable bonds is 1. The maximum absolute atomic E-state index is 9.75. The van der Waals surface area contributed by atoms with Crippen LogP contribution in [0.2, 0.25) is 0 Å². The largest absolute Gasteiger partial charge is 0.391 e. The number of piperidine rings is 1. The Hall–Kier alpha value is -0.120. The molecule has 0 amide bonds. The van der Waals surface area contributed by atoms with Crippen LogP contribution in [0.25, 0.3) is 0 Å². The highest BCUT2D eigenvalue weighted by atomic mass is 16.3. The van der Waals surface area contributed by atoms with Crippen LogP contribution in [0.4, 0.5) is 0 Å². The molecule has 2 heterocycles. The van der Waals surface area contributed by atoms with Crippen LogP contribution in [0.5, 0.6) is 0 Å². The van der Waals surface area contributed by atoms with Crippen molar-refractivity contribution in [3.05, 3.63) is 0 Å². The molecule has 0 bridgehead atoms. The topological polar surface area (TPSA) is 35.5 Å². The van der Waals surface area contributed by atoms with E-state index in [2.05, 4.69) is 17.3 Å². The number of likely N-dealkylation sites (tertiary alicyclic amines) is 1. The van der Waals surface area contributed by atoms with Crippen molar-refractivity contribution in [2.75, 3.05) is 33.2 Å². The van der Waals surface area contributed by atoms with E-state index in [1.54, 1.807) is 0 Å².